The molecule has 0 radical (unpaired) electrons. The molecule has 26 heavy (non-hydrogen) atoms. The number of hydrogen-bond donors (Lipinski definition) is 1. The van der Waals surface area contributed by atoms with Crippen molar-refractivity contribution in [2.45, 2.75) is 37.6 Å². The molecule has 4 nitrogen and oxygen atoms in total. The van der Waals surface area contributed by atoms with Crippen LogP contribution in [0.2, 0.25) is 0 Å². The Bertz CT molecular complexity index is 849. The molecule has 4 rings (SSSR count). The van der Waals surface area contributed by atoms with Crippen LogP contribution in [0.4, 0.5) is 10.1 Å². The van der Waals surface area contributed by atoms with Gasteiger partial charge in [-0.25, -0.2) is 4.39 Å². The molecule has 1 saturated heterocycles. The van der Waals surface area contributed by atoms with E-state index in [0.29, 0.717) is 19.4 Å². The molecule has 5 heteroatoms. The Morgan fingerprint density at radius 2 is 1.88 bits per heavy atom. The number of likely N-dealkylation sites (tertiary alicyclic amines) is 1. The molecule has 0 aliphatic carbocycles. The molecule has 0 aromatic heterocycles. The van der Waals surface area contributed by atoms with Gasteiger partial charge in [-0.3, -0.25) is 9.59 Å². The maximum Gasteiger partial charge on any atom is 0.250 e. The minimum absolute atomic E-state index is 0.0779. The molecular weight excluding hydrogens is 331 g/mol. The molecule has 134 valence electrons. The number of piperidine rings is 1. The van der Waals surface area contributed by atoms with E-state index in [9.17, 15) is 14.0 Å². The summed E-state index contributed by atoms with van der Waals surface area (Å²) in [5.74, 6) is -0.492. The molecule has 2 heterocycles. The third kappa shape index (κ3) is 2.87. The van der Waals surface area contributed by atoms with Gasteiger partial charge in [0, 0.05) is 18.7 Å². The lowest BCUT2D eigenvalue weighted by molar-refractivity contribution is -0.148. The number of benzene rings is 2. The van der Waals surface area contributed by atoms with E-state index in [1.165, 1.54) is 12.1 Å². The lowest BCUT2D eigenvalue weighted by Crippen LogP contribution is -2.64. The molecule has 2 aliphatic rings. The van der Waals surface area contributed by atoms with Gasteiger partial charge in [0.05, 0.1) is 6.42 Å². The van der Waals surface area contributed by atoms with Crippen LogP contribution in [-0.4, -0.2) is 28.8 Å². The van der Waals surface area contributed by atoms with Crippen molar-refractivity contribution >= 4 is 17.5 Å². The number of halogens is 1. The first kappa shape index (κ1) is 16.8. The number of anilines is 1. The van der Waals surface area contributed by atoms with Gasteiger partial charge in [-0.2, -0.15) is 0 Å². The SMILES string of the molecule is O=C(Cc1ccc(F)cc1)N1CCCCC12Cc1ccccc1NC2=O. The summed E-state index contributed by atoms with van der Waals surface area (Å²) < 4.78 is 13.1. The highest BCUT2D eigenvalue weighted by Gasteiger charge is 2.49. The van der Waals surface area contributed by atoms with Crippen LogP contribution in [0.25, 0.3) is 0 Å². The Labute approximate surface area is 152 Å². The van der Waals surface area contributed by atoms with E-state index in [0.717, 1.165) is 29.7 Å². The number of carbonyl (C=O) groups excluding carboxylic acids is 2. The highest BCUT2D eigenvalue weighted by molar-refractivity contribution is 6.03. The van der Waals surface area contributed by atoms with Crippen LogP contribution >= 0.6 is 0 Å². The predicted octanol–water partition coefficient (Wildman–Crippen LogP) is 3.31. The first-order chi connectivity index (χ1) is 12.6. The van der Waals surface area contributed by atoms with Crippen molar-refractivity contribution in [1.82, 2.24) is 4.90 Å². The topological polar surface area (TPSA) is 49.4 Å². The number of fused-ring (bicyclic) bond motifs is 1. The van der Waals surface area contributed by atoms with Gasteiger partial charge < -0.3 is 10.2 Å². The molecule has 1 fully saturated rings. The highest BCUT2D eigenvalue weighted by Crippen LogP contribution is 2.38. The minimum atomic E-state index is -0.816. The molecule has 2 amide bonds. The Hall–Kier alpha value is -2.69. The van der Waals surface area contributed by atoms with Crippen molar-refractivity contribution in [2.24, 2.45) is 0 Å². The molecule has 1 unspecified atom stereocenters. The monoisotopic (exact) mass is 352 g/mol. The Kier molecular flexibility index (Phi) is 4.23. The van der Waals surface area contributed by atoms with Crippen molar-refractivity contribution in [3.05, 3.63) is 65.5 Å². The van der Waals surface area contributed by atoms with Gasteiger partial charge in [0.1, 0.15) is 11.4 Å². The number of carbonyl (C=O) groups is 2. The van der Waals surface area contributed by atoms with Crippen LogP contribution in [0.3, 0.4) is 0 Å². The third-order valence-corrected chi connectivity index (χ3v) is 5.48. The van der Waals surface area contributed by atoms with Gasteiger partial charge in [0.15, 0.2) is 0 Å². The zero-order valence-corrected chi connectivity index (χ0v) is 14.5. The van der Waals surface area contributed by atoms with E-state index in [1.807, 2.05) is 24.3 Å². The smallest absolute Gasteiger partial charge is 0.250 e. The average Bonchev–Trinajstić information content (AvgIpc) is 2.65. The third-order valence-electron chi connectivity index (χ3n) is 5.48. The normalized spacial score (nSPS) is 22.0. The summed E-state index contributed by atoms with van der Waals surface area (Å²) in [6.07, 6.45) is 3.21. The van der Waals surface area contributed by atoms with Crippen LogP contribution in [0.1, 0.15) is 30.4 Å². The molecule has 1 N–H and O–H groups in total. The average molecular weight is 352 g/mol. The van der Waals surface area contributed by atoms with Crippen LogP contribution < -0.4 is 5.32 Å². The highest BCUT2D eigenvalue weighted by atomic mass is 19.1. The number of rotatable bonds is 2. The van der Waals surface area contributed by atoms with Gasteiger partial charge >= 0.3 is 0 Å². The van der Waals surface area contributed by atoms with Gasteiger partial charge in [-0.1, -0.05) is 30.3 Å². The molecule has 2 aliphatic heterocycles. The van der Waals surface area contributed by atoms with E-state index in [-0.39, 0.29) is 24.1 Å². The van der Waals surface area contributed by atoms with Crippen LogP contribution in [-0.2, 0) is 22.4 Å². The summed E-state index contributed by atoms with van der Waals surface area (Å²) in [5, 5.41) is 2.99. The summed E-state index contributed by atoms with van der Waals surface area (Å²) in [4.78, 5) is 27.8. The lowest BCUT2D eigenvalue weighted by Gasteiger charge is -2.48. The predicted molar refractivity (Wildman–Crippen MR) is 97.2 cm³/mol. The molecule has 0 bridgehead atoms. The summed E-state index contributed by atoms with van der Waals surface area (Å²) in [6, 6.07) is 13.7. The van der Waals surface area contributed by atoms with E-state index < -0.39 is 5.54 Å². The van der Waals surface area contributed by atoms with E-state index in [1.54, 1.807) is 17.0 Å². The zero-order chi connectivity index (χ0) is 18.1. The fourth-order valence-corrected chi connectivity index (χ4v) is 4.12. The zero-order valence-electron chi connectivity index (χ0n) is 14.5. The number of hydrogen-bond acceptors (Lipinski definition) is 2. The molecule has 2 aromatic carbocycles. The van der Waals surface area contributed by atoms with Crippen molar-refractivity contribution in [2.75, 3.05) is 11.9 Å². The number of nitrogens with one attached hydrogen (secondary N) is 1. The Balaban J connectivity index is 1.63. The number of nitrogens with zero attached hydrogens (tertiary/aromatic N) is 1. The van der Waals surface area contributed by atoms with E-state index in [2.05, 4.69) is 5.32 Å². The van der Waals surface area contributed by atoms with Crippen molar-refractivity contribution in [3.8, 4) is 0 Å². The van der Waals surface area contributed by atoms with Crippen molar-refractivity contribution in [3.63, 3.8) is 0 Å². The number of amides is 2. The molecular formula is C21H21FN2O2. The molecule has 1 atom stereocenters. The van der Waals surface area contributed by atoms with Crippen LogP contribution in [0, 0.1) is 5.82 Å². The second kappa shape index (κ2) is 6.56. The maximum absolute atomic E-state index is 13.1. The van der Waals surface area contributed by atoms with Gasteiger partial charge in [-0.15, -0.1) is 0 Å². The fraction of sp³-hybridized carbons (Fsp3) is 0.333. The number of para-hydroxylation sites is 1. The first-order valence-electron chi connectivity index (χ1n) is 9.03. The summed E-state index contributed by atoms with van der Waals surface area (Å²) in [5.41, 5.74) is 1.84. The van der Waals surface area contributed by atoms with Crippen molar-refractivity contribution < 1.29 is 14.0 Å². The van der Waals surface area contributed by atoms with Gasteiger partial charge in [0.25, 0.3) is 5.91 Å². The molecule has 0 saturated carbocycles. The minimum Gasteiger partial charge on any atom is -0.327 e. The Morgan fingerprint density at radius 3 is 2.69 bits per heavy atom. The molecule has 1 spiro atoms. The quantitative estimate of drug-likeness (QED) is 0.901. The van der Waals surface area contributed by atoms with Gasteiger partial charge in [0.2, 0.25) is 5.91 Å². The van der Waals surface area contributed by atoms with Gasteiger partial charge in [-0.05, 0) is 48.6 Å². The maximum atomic E-state index is 13.1. The largest absolute Gasteiger partial charge is 0.327 e. The summed E-state index contributed by atoms with van der Waals surface area (Å²) in [6.45, 7) is 0.579. The standard InChI is InChI=1S/C21H21FN2O2/c22-17-9-7-15(8-10-17)13-19(25)24-12-4-3-11-21(24)14-16-5-1-2-6-18(16)23-20(21)26/h1-2,5-10H,3-4,11-14H2,(H,23,26). The van der Waals surface area contributed by atoms with Crippen molar-refractivity contribution in [1.29, 1.82) is 0 Å². The lowest BCUT2D eigenvalue weighted by atomic mass is 9.77. The Morgan fingerprint density at radius 1 is 1.12 bits per heavy atom. The summed E-state index contributed by atoms with van der Waals surface area (Å²) >= 11 is 0. The van der Waals surface area contributed by atoms with Crippen LogP contribution in [0.5, 0.6) is 0 Å². The molecule has 2 aromatic rings. The second-order valence-corrected chi connectivity index (χ2v) is 7.13. The second-order valence-electron chi connectivity index (χ2n) is 7.13. The van der Waals surface area contributed by atoms with E-state index in [4.69, 9.17) is 0 Å². The van der Waals surface area contributed by atoms with E-state index >= 15 is 0 Å². The van der Waals surface area contributed by atoms with Crippen LogP contribution in [0.15, 0.2) is 48.5 Å². The first-order valence-corrected chi connectivity index (χ1v) is 9.03. The fourth-order valence-electron chi connectivity index (χ4n) is 4.12. The summed E-state index contributed by atoms with van der Waals surface area (Å²) in [7, 11) is 0.